The largest absolute Gasteiger partial charge is 0.494 e. The van der Waals surface area contributed by atoms with Crippen LogP contribution >= 0.6 is 0 Å². The highest BCUT2D eigenvalue weighted by molar-refractivity contribution is 5.80. The van der Waals surface area contributed by atoms with Crippen LogP contribution in [0.4, 0.5) is 5.95 Å². The molecule has 0 aliphatic heterocycles. The van der Waals surface area contributed by atoms with Crippen molar-refractivity contribution in [2.24, 2.45) is 12.1 Å². The predicted octanol–water partition coefficient (Wildman–Crippen LogP) is 2.66. The molecule has 0 saturated heterocycles. The number of aryl methyl sites for hydroxylation is 2. The number of hydrogen-bond donors (Lipinski definition) is 3. The van der Waals surface area contributed by atoms with Crippen LogP contribution in [-0.2, 0) is 20.0 Å². The minimum absolute atomic E-state index is 0.00995. The van der Waals surface area contributed by atoms with E-state index in [0.717, 1.165) is 24.2 Å². The predicted molar refractivity (Wildman–Crippen MR) is 146 cm³/mol. The third-order valence-corrected chi connectivity index (χ3v) is 5.91. The van der Waals surface area contributed by atoms with E-state index in [4.69, 9.17) is 9.47 Å². The molecule has 3 N–H and O–H groups in total. The van der Waals surface area contributed by atoms with Crippen molar-refractivity contribution in [3.05, 3.63) is 80.5 Å². The van der Waals surface area contributed by atoms with Gasteiger partial charge in [-0.25, -0.2) is 10.2 Å². The van der Waals surface area contributed by atoms with E-state index >= 15 is 0 Å². The standard InChI is InChI=1S/C27H32N6O5/c1-4-14-37-21-12-8-19(9-13-21)15-28-31-26-29-24-23(25(35)30-27(36)32(24)3)33(26)16-20(34)17-38-22-10-6-18(5-2)7-11-22/h6-13,15,20,34H,4-5,14,16-17H2,1-3H3,(H,29,31)(H,30,35,36)/b28-15-/t20-/m1/s1. The monoisotopic (exact) mass is 520 g/mol. The van der Waals surface area contributed by atoms with Gasteiger partial charge in [-0.1, -0.05) is 26.0 Å². The van der Waals surface area contributed by atoms with Gasteiger partial charge in [0.25, 0.3) is 5.56 Å². The molecule has 11 nitrogen and oxygen atoms in total. The number of H-pyrrole nitrogens is 1. The maximum Gasteiger partial charge on any atom is 0.329 e. The van der Waals surface area contributed by atoms with E-state index in [-0.39, 0.29) is 30.3 Å². The summed E-state index contributed by atoms with van der Waals surface area (Å²) in [6.07, 6.45) is 2.46. The fourth-order valence-corrected chi connectivity index (χ4v) is 3.81. The number of aromatic amines is 1. The quantitative estimate of drug-likeness (QED) is 0.193. The molecule has 0 bridgehead atoms. The maximum atomic E-state index is 12.7. The zero-order valence-corrected chi connectivity index (χ0v) is 21.7. The average molecular weight is 521 g/mol. The molecule has 4 aromatic rings. The molecule has 0 aliphatic rings. The van der Waals surface area contributed by atoms with Crippen molar-refractivity contribution in [2.75, 3.05) is 18.6 Å². The van der Waals surface area contributed by atoms with Crippen LogP contribution < -0.4 is 26.1 Å². The normalized spacial score (nSPS) is 12.2. The van der Waals surface area contributed by atoms with E-state index in [2.05, 4.69) is 27.4 Å². The number of aromatic nitrogens is 4. The second-order valence-electron chi connectivity index (χ2n) is 8.79. The second-order valence-corrected chi connectivity index (χ2v) is 8.79. The number of nitrogens with zero attached hydrogens (tertiary/aromatic N) is 4. The molecule has 0 unspecified atom stereocenters. The Balaban J connectivity index is 1.54. The molecule has 200 valence electrons. The number of ether oxygens (including phenoxy) is 2. The molecule has 38 heavy (non-hydrogen) atoms. The summed E-state index contributed by atoms with van der Waals surface area (Å²) in [7, 11) is 1.51. The molecule has 0 saturated carbocycles. The number of hydrogen-bond acceptors (Lipinski definition) is 8. The Morgan fingerprint density at radius 1 is 1.08 bits per heavy atom. The fourth-order valence-electron chi connectivity index (χ4n) is 3.81. The van der Waals surface area contributed by atoms with Gasteiger partial charge < -0.3 is 19.1 Å². The maximum absolute atomic E-state index is 12.7. The lowest BCUT2D eigenvalue weighted by molar-refractivity contribution is 0.0938. The Bertz CT molecular complexity index is 1500. The molecule has 2 heterocycles. The summed E-state index contributed by atoms with van der Waals surface area (Å²) in [4.78, 5) is 31.5. The van der Waals surface area contributed by atoms with Gasteiger partial charge >= 0.3 is 5.69 Å². The summed E-state index contributed by atoms with van der Waals surface area (Å²) in [5.41, 5.74) is 3.93. The minimum Gasteiger partial charge on any atom is -0.494 e. The Morgan fingerprint density at radius 2 is 1.76 bits per heavy atom. The average Bonchev–Trinajstić information content (AvgIpc) is 3.29. The number of aliphatic hydroxyl groups excluding tert-OH is 1. The lowest BCUT2D eigenvalue weighted by Crippen LogP contribution is -2.30. The van der Waals surface area contributed by atoms with Crippen molar-refractivity contribution in [3.63, 3.8) is 0 Å². The number of rotatable bonds is 12. The highest BCUT2D eigenvalue weighted by Crippen LogP contribution is 2.18. The van der Waals surface area contributed by atoms with Gasteiger partial charge in [0, 0.05) is 7.05 Å². The molecule has 0 spiro atoms. The summed E-state index contributed by atoms with van der Waals surface area (Å²) >= 11 is 0. The summed E-state index contributed by atoms with van der Waals surface area (Å²) in [5, 5.41) is 15.0. The lowest BCUT2D eigenvalue weighted by Gasteiger charge is -2.15. The van der Waals surface area contributed by atoms with Crippen molar-refractivity contribution in [1.82, 2.24) is 19.1 Å². The van der Waals surface area contributed by atoms with E-state index in [1.807, 2.05) is 55.5 Å². The van der Waals surface area contributed by atoms with E-state index in [9.17, 15) is 14.7 Å². The molecule has 0 radical (unpaired) electrons. The summed E-state index contributed by atoms with van der Waals surface area (Å²) in [5.74, 6) is 1.60. The van der Waals surface area contributed by atoms with Crippen LogP contribution in [0, 0.1) is 0 Å². The van der Waals surface area contributed by atoms with Crippen LogP contribution in [0.25, 0.3) is 11.2 Å². The minimum atomic E-state index is -0.977. The molecule has 0 aliphatic carbocycles. The Morgan fingerprint density at radius 3 is 2.45 bits per heavy atom. The molecular formula is C27H32N6O5. The van der Waals surface area contributed by atoms with Crippen molar-refractivity contribution >= 4 is 23.3 Å². The zero-order chi connectivity index (χ0) is 27.1. The van der Waals surface area contributed by atoms with Gasteiger partial charge in [0.1, 0.15) is 24.2 Å². The number of benzene rings is 2. The molecular weight excluding hydrogens is 488 g/mol. The Kier molecular flexibility index (Phi) is 8.59. The first kappa shape index (κ1) is 26.7. The molecule has 0 fully saturated rings. The SMILES string of the molecule is CCCOc1ccc(/C=N\Nc2nc3c(c(=O)[nH]c(=O)n3C)n2C[C@@H](O)COc2ccc(CC)cc2)cc1. The van der Waals surface area contributed by atoms with E-state index in [1.54, 1.807) is 6.21 Å². The first-order chi connectivity index (χ1) is 18.4. The summed E-state index contributed by atoms with van der Waals surface area (Å²) in [6, 6.07) is 15.1. The van der Waals surface area contributed by atoms with Gasteiger partial charge in [-0.2, -0.15) is 10.1 Å². The van der Waals surface area contributed by atoms with Crippen LogP contribution in [-0.4, -0.2) is 49.7 Å². The number of nitrogens with one attached hydrogen (secondary N) is 2. The van der Waals surface area contributed by atoms with Gasteiger partial charge in [-0.3, -0.25) is 14.3 Å². The molecule has 2 aromatic carbocycles. The number of imidazole rings is 1. The van der Waals surface area contributed by atoms with Gasteiger partial charge in [-0.05, 0) is 60.4 Å². The third-order valence-electron chi connectivity index (χ3n) is 5.91. The lowest BCUT2D eigenvalue weighted by atomic mass is 10.2. The van der Waals surface area contributed by atoms with E-state index in [0.29, 0.717) is 12.4 Å². The van der Waals surface area contributed by atoms with Crippen molar-refractivity contribution < 1.29 is 14.6 Å². The summed E-state index contributed by atoms with van der Waals surface area (Å²) in [6.45, 7) is 4.73. The first-order valence-electron chi connectivity index (χ1n) is 12.5. The molecule has 0 amide bonds. The third kappa shape index (κ3) is 6.30. The van der Waals surface area contributed by atoms with Gasteiger partial charge in [0.05, 0.1) is 19.4 Å². The first-order valence-corrected chi connectivity index (χ1v) is 12.5. The zero-order valence-electron chi connectivity index (χ0n) is 21.7. The topological polar surface area (TPSA) is 136 Å². The second kappa shape index (κ2) is 12.2. The number of fused-ring (bicyclic) bond motifs is 1. The molecule has 2 aromatic heterocycles. The van der Waals surface area contributed by atoms with Gasteiger partial charge in [0.2, 0.25) is 5.95 Å². The van der Waals surface area contributed by atoms with Crippen molar-refractivity contribution in [3.8, 4) is 11.5 Å². The van der Waals surface area contributed by atoms with Crippen LogP contribution in [0.15, 0.2) is 63.2 Å². The van der Waals surface area contributed by atoms with Gasteiger partial charge in [-0.15, -0.1) is 0 Å². The van der Waals surface area contributed by atoms with Crippen molar-refractivity contribution in [1.29, 1.82) is 0 Å². The highest BCUT2D eigenvalue weighted by atomic mass is 16.5. The number of anilines is 1. The molecule has 4 rings (SSSR count). The molecule has 1 atom stereocenters. The van der Waals surface area contributed by atoms with E-state index < -0.39 is 17.4 Å². The molecule has 11 heteroatoms. The fraction of sp³-hybridized carbons (Fsp3) is 0.333. The summed E-state index contributed by atoms with van der Waals surface area (Å²) < 4.78 is 14.0. The van der Waals surface area contributed by atoms with Crippen LogP contribution in [0.1, 0.15) is 31.4 Å². The van der Waals surface area contributed by atoms with Gasteiger partial charge in [0.15, 0.2) is 11.2 Å². The highest BCUT2D eigenvalue weighted by Gasteiger charge is 2.20. The van der Waals surface area contributed by atoms with Crippen LogP contribution in [0.2, 0.25) is 0 Å². The smallest absolute Gasteiger partial charge is 0.329 e. The van der Waals surface area contributed by atoms with E-state index in [1.165, 1.54) is 21.7 Å². The Hall–Kier alpha value is -4.38. The number of aliphatic hydroxyl groups is 1. The van der Waals surface area contributed by atoms with Crippen LogP contribution in [0.3, 0.4) is 0 Å². The Labute approximate surface area is 219 Å². The van der Waals surface area contributed by atoms with Crippen LogP contribution in [0.5, 0.6) is 11.5 Å². The van der Waals surface area contributed by atoms with Crippen molar-refractivity contribution in [2.45, 2.75) is 39.3 Å². The number of hydrazone groups is 1.